The Morgan fingerprint density at radius 1 is 1.36 bits per heavy atom. The molecule has 0 saturated heterocycles. The Kier molecular flexibility index (Phi) is 5.37. The van der Waals surface area contributed by atoms with Gasteiger partial charge in [0.05, 0.1) is 10.2 Å². The minimum Gasteiger partial charge on any atom is -0.230 e. The topological polar surface area (TPSA) is 12.9 Å². The Hall–Kier alpha value is -0.190. The maximum atomic E-state index is 4.20. The van der Waals surface area contributed by atoms with Crippen molar-refractivity contribution in [1.29, 1.82) is 0 Å². The van der Waals surface area contributed by atoms with Crippen LogP contribution in [0, 0.1) is 6.92 Å². The van der Waals surface area contributed by atoms with Crippen molar-refractivity contribution in [2.75, 3.05) is 5.75 Å². The van der Waals surface area contributed by atoms with Gasteiger partial charge in [0.1, 0.15) is 4.34 Å². The largest absolute Gasteiger partial charge is 0.230 e. The average molecular weight is 242 g/mol. The molecule has 1 aromatic heterocycles. The van der Waals surface area contributed by atoms with Crippen molar-refractivity contribution in [3.8, 4) is 0 Å². The fourth-order valence-electron chi connectivity index (χ4n) is 0.860. The van der Waals surface area contributed by atoms with E-state index in [4.69, 9.17) is 0 Å². The van der Waals surface area contributed by atoms with E-state index in [1.165, 1.54) is 4.70 Å². The van der Waals surface area contributed by atoms with Gasteiger partial charge in [0.25, 0.3) is 0 Å². The van der Waals surface area contributed by atoms with E-state index in [2.05, 4.69) is 37.2 Å². The third-order valence-corrected chi connectivity index (χ3v) is 2.97. The summed E-state index contributed by atoms with van der Waals surface area (Å²) in [4.78, 5) is 4.20. The first kappa shape index (κ1) is 11.9. The minimum absolute atomic E-state index is 0.834. The zero-order valence-electron chi connectivity index (χ0n) is 7.68. The zero-order valence-corrected chi connectivity index (χ0v) is 10.3. The summed E-state index contributed by atoms with van der Waals surface area (Å²) in [6.07, 6.45) is 0.934. The van der Waals surface area contributed by atoms with Gasteiger partial charge in [-0.2, -0.15) is 12.6 Å². The SMILES string of the molecule is Sc1nc2ccccc2s1.[CH2]CCS. The number of thiol groups is 2. The van der Waals surface area contributed by atoms with Crippen LogP contribution in [0.25, 0.3) is 10.2 Å². The molecule has 0 saturated carbocycles. The molecular formula is C10H12NS3. The molecule has 0 atom stereocenters. The highest BCUT2D eigenvalue weighted by atomic mass is 32.2. The number of fused-ring (bicyclic) bond motifs is 1. The van der Waals surface area contributed by atoms with Crippen molar-refractivity contribution in [1.82, 2.24) is 4.98 Å². The van der Waals surface area contributed by atoms with E-state index in [1.54, 1.807) is 11.3 Å². The van der Waals surface area contributed by atoms with Crippen molar-refractivity contribution < 1.29 is 0 Å². The molecule has 1 nitrogen and oxygen atoms in total. The fraction of sp³-hybridized carbons (Fsp3) is 0.200. The van der Waals surface area contributed by atoms with E-state index in [9.17, 15) is 0 Å². The van der Waals surface area contributed by atoms with Gasteiger partial charge in [0, 0.05) is 0 Å². The molecule has 0 spiro atoms. The predicted octanol–water partition coefficient (Wildman–Crippen LogP) is 3.73. The third kappa shape index (κ3) is 3.52. The molecule has 0 aliphatic carbocycles. The van der Waals surface area contributed by atoms with E-state index >= 15 is 0 Å². The molecule has 0 N–H and O–H groups in total. The molecule has 0 bridgehead atoms. The summed E-state index contributed by atoms with van der Waals surface area (Å²) in [6, 6.07) is 8.03. The van der Waals surface area contributed by atoms with Crippen molar-refractivity contribution in [2.24, 2.45) is 0 Å². The Labute approximate surface area is 99.4 Å². The van der Waals surface area contributed by atoms with Crippen LogP contribution in [-0.2, 0) is 0 Å². The second-order valence-corrected chi connectivity index (χ2v) is 4.75. The zero-order chi connectivity index (χ0) is 10.4. The molecule has 0 fully saturated rings. The smallest absolute Gasteiger partial charge is 0.148 e. The van der Waals surface area contributed by atoms with E-state index in [1.807, 2.05) is 24.3 Å². The Morgan fingerprint density at radius 2 is 2.00 bits per heavy atom. The van der Waals surface area contributed by atoms with Crippen LogP contribution < -0.4 is 0 Å². The number of para-hydroxylation sites is 1. The van der Waals surface area contributed by atoms with Gasteiger partial charge >= 0.3 is 0 Å². The van der Waals surface area contributed by atoms with Crippen molar-refractivity contribution in [2.45, 2.75) is 10.8 Å². The van der Waals surface area contributed by atoms with Crippen LogP contribution in [0.4, 0.5) is 0 Å². The number of hydrogen-bond acceptors (Lipinski definition) is 4. The second kappa shape index (κ2) is 6.32. The first-order valence-corrected chi connectivity index (χ1v) is 6.12. The Morgan fingerprint density at radius 3 is 2.57 bits per heavy atom. The monoisotopic (exact) mass is 242 g/mol. The average Bonchev–Trinajstić information content (AvgIpc) is 2.58. The van der Waals surface area contributed by atoms with Gasteiger partial charge in [-0.15, -0.1) is 24.0 Å². The summed E-state index contributed by atoms with van der Waals surface area (Å²) in [5.74, 6) is 0.903. The van der Waals surface area contributed by atoms with Gasteiger partial charge in [-0.05, 0) is 24.3 Å². The van der Waals surface area contributed by atoms with Crippen LogP contribution in [-0.4, -0.2) is 10.7 Å². The van der Waals surface area contributed by atoms with Crippen molar-refractivity contribution in [3.63, 3.8) is 0 Å². The van der Waals surface area contributed by atoms with E-state index in [0.717, 1.165) is 22.0 Å². The van der Waals surface area contributed by atoms with Crippen LogP contribution >= 0.6 is 36.6 Å². The lowest BCUT2D eigenvalue weighted by Crippen LogP contribution is -1.63. The fourth-order valence-corrected chi connectivity index (χ4v) is 1.97. The molecule has 1 heterocycles. The highest BCUT2D eigenvalue weighted by molar-refractivity contribution is 7.83. The van der Waals surface area contributed by atoms with E-state index in [-0.39, 0.29) is 0 Å². The number of hydrogen-bond donors (Lipinski definition) is 2. The van der Waals surface area contributed by atoms with E-state index in [0.29, 0.717) is 0 Å². The first-order chi connectivity index (χ1) is 6.77. The number of thiazole rings is 1. The molecule has 75 valence electrons. The van der Waals surface area contributed by atoms with Crippen LogP contribution in [0.5, 0.6) is 0 Å². The summed E-state index contributed by atoms with van der Waals surface area (Å²) in [5.41, 5.74) is 1.04. The lowest BCUT2D eigenvalue weighted by molar-refractivity contribution is 1.25. The summed E-state index contributed by atoms with van der Waals surface area (Å²) < 4.78 is 2.04. The molecule has 0 amide bonds. The maximum absolute atomic E-state index is 4.20. The highest BCUT2D eigenvalue weighted by Crippen LogP contribution is 2.23. The van der Waals surface area contributed by atoms with Gasteiger partial charge in [0.2, 0.25) is 0 Å². The molecule has 0 aliphatic rings. The third-order valence-electron chi connectivity index (χ3n) is 1.44. The maximum Gasteiger partial charge on any atom is 0.148 e. The summed E-state index contributed by atoms with van der Waals surface area (Å²) in [6.45, 7) is 3.53. The lowest BCUT2D eigenvalue weighted by Gasteiger charge is -1.80. The standard InChI is InChI=1S/C7H5NS2.C3H7S/c9-7-8-5-3-1-2-4-6(5)10-7;1-2-3-4/h1-4H,(H,8,9);4H,1-3H2. The Bertz CT molecular complexity index is 349. The van der Waals surface area contributed by atoms with Gasteiger partial charge < -0.3 is 0 Å². The summed E-state index contributed by atoms with van der Waals surface area (Å²) in [5, 5.41) is 0. The van der Waals surface area contributed by atoms with Crippen LogP contribution in [0.15, 0.2) is 28.6 Å². The van der Waals surface area contributed by atoms with Gasteiger partial charge in [-0.3, -0.25) is 0 Å². The first-order valence-electron chi connectivity index (χ1n) is 4.22. The molecule has 14 heavy (non-hydrogen) atoms. The lowest BCUT2D eigenvalue weighted by atomic mass is 10.3. The van der Waals surface area contributed by atoms with Gasteiger partial charge in [0.15, 0.2) is 0 Å². The quantitative estimate of drug-likeness (QED) is 0.727. The molecule has 4 heteroatoms. The molecule has 2 rings (SSSR count). The van der Waals surface area contributed by atoms with E-state index < -0.39 is 0 Å². The number of benzene rings is 1. The molecule has 1 aromatic carbocycles. The number of rotatable bonds is 1. The second-order valence-electron chi connectivity index (χ2n) is 2.54. The molecular weight excluding hydrogens is 230 g/mol. The van der Waals surface area contributed by atoms with Crippen molar-refractivity contribution in [3.05, 3.63) is 31.2 Å². The van der Waals surface area contributed by atoms with Crippen LogP contribution in [0.1, 0.15) is 6.42 Å². The number of aromatic nitrogens is 1. The summed E-state index contributed by atoms with van der Waals surface area (Å²) in [7, 11) is 0. The van der Waals surface area contributed by atoms with Gasteiger partial charge in [-0.1, -0.05) is 19.1 Å². The van der Waals surface area contributed by atoms with Crippen LogP contribution in [0.3, 0.4) is 0 Å². The molecule has 1 radical (unpaired) electrons. The predicted molar refractivity (Wildman–Crippen MR) is 70.7 cm³/mol. The normalized spacial score (nSPS) is 9.64. The van der Waals surface area contributed by atoms with Crippen LogP contribution in [0.2, 0.25) is 0 Å². The minimum atomic E-state index is 0.834. The number of nitrogens with zero attached hydrogens (tertiary/aromatic N) is 1. The molecule has 0 unspecified atom stereocenters. The molecule has 2 aromatic rings. The highest BCUT2D eigenvalue weighted by Gasteiger charge is 1.96. The van der Waals surface area contributed by atoms with Crippen molar-refractivity contribution >= 4 is 46.8 Å². The molecule has 0 aliphatic heterocycles. The summed E-state index contributed by atoms with van der Waals surface area (Å²) >= 11 is 9.61. The Balaban J connectivity index is 0.000000213. The van der Waals surface area contributed by atoms with Gasteiger partial charge in [-0.25, -0.2) is 4.98 Å².